The zero-order valence-electron chi connectivity index (χ0n) is 8.65. The summed E-state index contributed by atoms with van der Waals surface area (Å²) in [5.41, 5.74) is 0. The lowest BCUT2D eigenvalue weighted by Crippen LogP contribution is -2.18. The second-order valence-corrected chi connectivity index (χ2v) is 4.47. The minimum atomic E-state index is -0.840. The van der Waals surface area contributed by atoms with Gasteiger partial charge >= 0.3 is 5.97 Å². The van der Waals surface area contributed by atoms with Crippen molar-refractivity contribution in [1.82, 2.24) is 5.32 Å². The molecule has 6 heteroatoms. The number of rotatable bonds is 1. The lowest BCUT2D eigenvalue weighted by atomic mass is 10.4. The first kappa shape index (κ1) is 12.4. The Morgan fingerprint density at radius 3 is 2.06 bits per heavy atom. The van der Waals surface area contributed by atoms with Crippen LogP contribution in [0, 0.1) is 6.92 Å². The van der Waals surface area contributed by atoms with E-state index in [1.54, 1.807) is 12.1 Å². The van der Waals surface area contributed by atoms with Gasteiger partial charge in [0.05, 0.1) is 0 Å². The van der Waals surface area contributed by atoms with Gasteiger partial charge in [0.2, 0.25) is 11.8 Å². The first-order chi connectivity index (χ1) is 7.49. The molecule has 0 radical (unpaired) electrons. The van der Waals surface area contributed by atoms with Crippen LogP contribution < -0.4 is 5.32 Å². The van der Waals surface area contributed by atoms with Crippen LogP contribution in [0.3, 0.4) is 0 Å². The van der Waals surface area contributed by atoms with Crippen LogP contribution in [0.25, 0.3) is 0 Å². The van der Waals surface area contributed by atoms with Gasteiger partial charge in [-0.1, -0.05) is 0 Å². The van der Waals surface area contributed by atoms with Crippen molar-refractivity contribution in [3.8, 4) is 0 Å². The number of carboxylic acid groups (broad SMARTS) is 1. The molecule has 1 aromatic rings. The minimum Gasteiger partial charge on any atom is -0.477 e. The summed E-state index contributed by atoms with van der Waals surface area (Å²) in [7, 11) is 0. The van der Waals surface area contributed by atoms with Crippen LogP contribution in [0.2, 0.25) is 0 Å². The Balaban J connectivity index is 0.000000165. The van der Waals surface area contributed by atoms with Gasteiger partial charge in [-0.3, -0.25) is 14.9 Å². The second kappa shape index (κ2) is 5.41. The van der Waals surface area contributed by atoms with E-state index in [1.807, 2.05) is 6.92 Å². The summed E-state index contributed by atoms with van der Waals surface area (Å²) in [4.78, 5) is 31.9. The molecule has 1 fully saturated rings. The molecule has 0 aliphatic carbocycles. The monoisotopic (exact) mass is 241 g/mol. The predicted octanol–water partition coefficient (Wildman–Crippen LogP) is 1.18. The van der Waals surface area contributed by atoms with Crippen molar-refractivity contribution in [3.63, 3.8) is 0 Å². The third-order valence-electron chi connectivity index (χ3n) is 1.81. The van der Waals surface area contributed by atoms with E-state index in [0.29, 0.717) is 17.7 Å². The molecule has 0 spiro atoms. The number of carbonyl (C=O) groups is 3. The largest absolute Gasteiger partial charge is 0.477 e. The third-order valence-corrected chi connectivity index (χ3v) is 2.80. The van der Waals surface area contributed by atoms with E-state index in [1.165, 1.54) is 11.3 Å². The average Bonchev–Trinajstić information content (AvgIpc) is 2.76. The number of imide groups is 1. The van der Waals surface area contributed by atoms with Crippen LogP contribution in [-0.2, 0) is 9.59 Å². The topological polar surface area (TPSA) is 83.5 Å². The third kappa shape index (κ3) is 3.82. The van der Waals surface area contributed by atoms with E-state index < -0.39 is 5.97 Å². The molecule has 0 saturated carbocycles. The molecule has 0 bridgehead atoms. The molecule has 1 aliphatic heterocycles. The normalized spacial score (nSPS) is 14.1. The number of nitrogens with one attached hydrogen (secondary N) is 1. The van der Waals surface area contributed by atoms with Crippen molar-refractivity contribution >= 4 is 29.1 Å². The lowest BCUT2D eigenvalue weighted by Gasteiger charge is -1.80. The second-order valence-electron chi connectivity index (χ2n) is 3.19. The summed E-state index contributed by atoms with van der Waals surface area (Å²) in [5.74, 6) is -1.14. The molecule has 1 saturated heterocycles. The fourth-order valence-corrected chi connectivity index (χ4v) is 1.76. The molecular formula is C10H11NO4S. The summed E-state index contributed by atoms with van der Waals surface area (Å²) in [5, 5.41) is 10.5. The number of carboxylic acids is 1. The van der Waals surface area contributed by atoms with E-state index in [0.717, 1.165) is 4.88 Å². The summed E-state index contributed by atoms with van der Waals surface area (Å²) in [6, 6.07) is 3.41. The summed E-state index contributed by atoms with van der Waals surface area (Å²) in [6.45, 7) is 1.89. The number of hydrogen-bond acceptors (Lipinski definition) is 4. The van der Waals surface area contributed by atoms with E-state index in [-0.39, 0.29) is 11.8 Å². The minimum absolute atomic E-state index is 0.148. The molecule has 5 nitrogen and oxygen atoms in total. The summed E-state index contributed by atoms with van der Waals surface area (Å²) < 4.78 is 0. The molecule has 0 aromatic carbocycles. The highest BCUT2D eigenvalue weighted by atomic mass is 32.1. The molecule has 0 unspecified atom stereocenters. The molecule has 2 N–H and O–H groups in total. The Bertz CT molecular complexity index is 410. The number of hydrogen-bond donors (Lipinski definition) is 2. The molecule has 0 atom stereocenters. The maximum atomic E-state index is 10.2. The standard InChI is InChI=1S/C6H6O2S.C4H5NO2/c1-4-2-3-5(9-4)6(7)8;6-3-1-2-4(7)5-3/h2-3H,1H3,(H,7,8);1-2H2,(H,5,6,7). The zero-order chi connectivity index (χ0) is 12.1. The summed E-state index contributed by atoms with van der Waals surface area (Å²) in [6.07, 6.45) is 0.748. The Morgan fingerprint density at radius 1 is 1.31 bits per heavy atom. The predicted molar refractivity (Wildman–Crippen MR) is 58.4 cm³/mol. The molecule has 2 rings (SSSR count). The van der Waals surface area contributed by atoms with Gasteiger partial charge in [-0.25, -0.2) is 4.79 Å². The van der Waals surface area contributed by atoms with E-state index >= 15 is 0 Å². The van der Waals surface area contributed by atoms with Gasteiger partial charge in [-0.2, -0.15) is 0 Å². The van der Waals surface area contributed by atoms with Crippen molar-refractivity contribution < 1.29 is 19.5 Å². The molecule has 86 valence electrons. The number of aromatic carboxylic acids is 1. The fraction of sp³-hybridized carbons (Fsp3) is 0.300. The Morgan fingerprint density at radius 2 is 1.88 bits per heavy atom. The highest BCUT2D eigenvalue weighted by Crippen LogP contribution is 2.13. The van der Waals surface area contributed by atoms with Gasteiger partial charge in [0.15, 0.2) is 0 Å². The first-order valence-electron chi connectivity index (χ1n) is 4.61. The van der Waals surface area contributed by atoms with Crippen LogP contribution in [0.1, 0.15) is 27.4 Å². The van der Waals surface area contributed by atoms with Gasteiger partial charge < -0.3 is 5.11 Å². The van der Waals surface area contributed by atoms with Gasteiger partial charge in [0.1, 0.15) is 4.88 Å². The molecule has 16 heavy (non-hydrogen) atoms. The highest BCUT2D eigenvalue weighted by molar-refractivity contribution is 7.13. The average molecular weight is 241 g/mol. The number of thiophene rings is 1. The maximum Gasteiger partial charge on any atom is 0.345 e. The van der Waals surface area contributed by atoms with Crippen LogP contribution in [-0.4, -0.2) is 22.9 Å². The highest BCUT2D eigenvalue weighted by Gasteiger charge is 2.15. The van der Waals surface area contributed by atoms with Gasteiger partial charge in [0, 0.05) is 17.7 Å². The molecule has 2 amide bonds. The van der Waals surface area contributed by atoms with Crippen LogP contribution in [0.4, 0.5) is 0 Å². The van der Waals surface area contributed by atoms with Gasteiger partial charge in [0.25, 0.3) is 0 Å². The molecule has 2 heterocycles. The number of aryl methyl sites for hydroxylation is 1. The summed E-state index contributed by atoms with van der Waals surface area (Å²) >= 11 is 1.30. The molecule has 1 aromatic heterocycles. The number of amides is 2. The van der Waals surface area contributed by atoms with Crippen LogP contribution >= 0.6 is 11.3 Å². The quantitative estimate of drug-likeness (QED) is 0.723. The van der Waals surface area contributed by atoms with Crippen molar-refractivity contribution in [2.45, 2.75) is 19.8 Å². The SMILES string of the molecule is Cc1ccc(C(=O)O)s1.O=C1CCC(=O)N1. The van der Waals surface area contributed by atoms with Gasteiger partial charge in [-0.15, -0.1) is 11.3 Å². The van der Waals surface area contributed by atoms with Crippen molar-refractivity contribution in [2.24, 2.45) is 0 Å². The maximum absolute atomic E-state index is 10.2. The first-order valence-corrected chi connectivity index (χ1v) is 5.43. The van der Waals surface area contributed by atoms with Crippen molar-refractivity contribution in [2.75, 3.05) is 0 Å². The van der Waals surface area contributed by atoms with E-state index in [4.69, 9.17) is 5.11 Å². The Labute approximate surface area is 96.1 Å². The van der Waals surface area contributed by atoms with Crippen LogP contribution in [0.15, 0.2) is 12.1 Å². The Kier molecular flexibility index (Phi) is 4.19. The number of carbonyl (C=O) groups excluding carboxylic acids is 2. The van der Waals surface area contributed by atoms with E-state index in [2.05, 4.69) is 5.32 Å². The van der Waals surface area contributed by atoms with Crippen LogP contribution in [0.5, 0.6) is 0 Å². The smallest absolute Gasteiger partial charge is 0.345 e. The lowest BCUT2D eigenvalue weighted by molar-refractivity contribution is -0.124. The fourth-order valence-electron chi connectivity index (χ4n) is 1.06. The van der Waals surface area contributed by atoms with Crippen molar-refractivity contribution in [3.05, 3.63) is 21.9 Å². The van der Waals surface area contributed by atoms with E-state index in [9.17, 15) is 14.4 Å². The Hall–Kier alpha value is -1.69. The van der Waals surface area contributed by atoms with Crippen molar-refractivity contribution in [1.29, 1.82) is 0 Å². The van der Waals surface area contributed by atoms with Gasteiger partial charge in [-0.05, 0) is 19.1 Å². The molecule has 1 aliphatic rings. The molecular weight excluding hydrogens is 230 g/mol. The zero-order valence-corrected chi connectivity index (χ0v) is 9.47.